The first-order valence-electron chi connectivity index (χ1n) is 5.98. The van der Waals surface area contributed by atoms with Gasteiger partial charge in [0.1, 0.15) is 5.75 Å². The zero-order valence-electron chi connectivity index (χ0n) is 10.1. The minimum absolute atomic E-state index is 0.284. The lowest BCUT2D eigenvalue weighted by Gasteiger charge is -2.17. The quantitative estimate of drug-likeness (QED) is 0.446. The topological polar surface area (TPSA) is 26.3 Å². The van der Waals surface area contributed by atoms with Crippen molar-refractivity contribution in [2.45, 2.75) is 6.42 Å². The van der Waals surface area contributed by atoms with E-state index in [-0.39, 0.29) is 5.97 Å². The van der Waals surface area contributed by atoms with E-state index in [2.05, 4.69) is 0 Å². The van der Waals surface area contributed by atoms with E-state index < -0.39 is 0 Å². The van der Waals surface area contributed by atoms with Crippen molar-refractivity contribution in [2.75, 3.05) is 0 Å². The minimum Gasteiger partial charge on any atom is -0.423 e. The van der Waals surface area contributed by atoms with Gasteiger partial charge in [0.05, 0.1) is 0 Å². The van der Waals surface area contributed by atoms with Gasteiger partial charge in [0.15, 0.2) is 0 Å². The number of rotatable bonds is 1. The summed E-state index contributed by atoms with van der Waals surface area (Å²) in [5.74, 6) is 0.370. The molecular formula is C16H11ClO2. The predicted molar refractivity (Wildman–Crippen MR) is 75.2 cm³/mol. The molecule has 2 nitrogen and oxygen atoms in total. The molecule has 1 aliphatic heterocycles. The van der Waals surface area contributed by atoms with Crippen LogP contribution in [0, 0.1) is 0 Å². The first-order chi connectivity index (χ1) is 9.22. The molecule has 0 atom stereocenters. The number of halogens is 1. The van der Waals surface area contributed by atoms with E-state index in [9.17, 15) is 4.79 Å². The van der Waals surface area contributed by atoms with Gasteiger partial charge in [-0.15, -0.1) is 0 Å². The molecule has 2 aromatic carbocycles. The van der Waals surface area contributed by atoms with E-state index in [1.54, 1.807) is 12.1 Å². The summed E-state index contributed by atoms with van der Waals surface area (Å²) in [5.41, 5.74) is 2.62. The summed E-state index contributed by atoms with van der Waals surface area (Å²) in [6, 6.07) is 14.9. The molecule has 0 N–H and O–H groups in total. The number of carbonyl (C=O) groups excluding carboxylic acids is 1. The molecule has 1 heterocycles. The predicted octanol–water partition coefficient (Wildman–Crippen LogP) is 3.89. The molecule has 0 saturated heterocycles. The van der Waals surface area contributed by atoms with Gasteiger partial charge in [-0.25, -0.2) is 4.79 Å². The molecule has 3 rings (SSSR count). The minimum atomic E-state index is -0.284. The van der Waals surface area contributed by atoms with Crippen molar-refractivity contribution in [3.05, 3.63) is 70.3 Å². The maximum Gasteiger partial charge on any atom is 0.339 e. The molecule has 0 fully saturated rings. The Morgan fingerprint density at radius 1 is 1.05 bits per heavy atom. The second-order valence-corrected chi connectivity index (χ2v) is 4.83. The third-order valence-electron chi connectivity index (χ3n) is 3.03. The second-order valence-electron chi connectivity index (χ2n) is 4.40. The Bertz CT molecular complexity index is 657. The Hall–Kier alpha value is -2.06. The molecule has 0 amide bonds. The van der Waals surface area contributed by atoms with Gasteiger partial charge in [-0.2, -0.15) is 0 Å². The van der Waals surface area contributed by atoms with Gasteiger partial charge >= 0.3 is 5.97 Å². The Kier molecular flexibility index (Phi) is 3.10. The van der Waals surface area contributed by atoms with Gasteiger partial charge in [0.2, 0.25) is 0 Å². The van der Waals surface area contributed by atoms with Crippen molar-refractivity contribution in [1.29, 1.82) is 0 Å². The monoisotopic (exact) mass is 270 g/mol. The standard InChI is InChI=1S/C16H11ClO2/c17-14-7-5-11(6-8-14)9-13-10-12-3-1-2-4-15(12)19-16(13)18/h1-9H,10H2/b13-9+. The van der Waals surface area contributed by atoms with Crippen molar-refractivity contribution in [3.63, 3.8) is 0 Å². The molecular weight excluding hydrogens is 260 g/mol. The number of ether oxygens (including phenoxy) is 1. The van der Waals surface area contributed by atoms with Crippen LogP contribution < -0.4 is 4.74 Å². The zero-order chi connectivity index (χ0) is 13.2. The summed E-state index contributed by atoms with van der Waals surface area (Å²) >= 11 is 5.84. The van der Waals surface area contributed by atoms with Crippen LogP contribution in [0.25, 0.3) is 6.08 Å². The average Bonchev–Trinajstić information content (AvgIpc) is 2.42. The number of esters is 1. The third-order valence-corrected chi connectivity index (χ3v) is 3.28. The summed E-state index contributed by atoms with van der Waals surface area (Å²) in [5, 5.41) is 0.679. The Morgan fingerprint density at radius 2 is 1.79 bits per heavy atom. The highest BCUT2D eigenvalue weighted by atomic mass is 35.5. The second kappa shape index (κ2) is 4.90. The number of para-hydroxylation sites is 1. The molecule has 0 radical (unpaired) electrons. The lowest BCUT2D eigenvalue weighted by Crippen LogP contribution is -2.19. The average molecular weight is 271 g/mol. The fourth-order valence-corrected chi connectivity index (χ4v) is 2.19. The van der Waals surface area contributed by atoms with Crippen molar-refractivity contribution in [3.8, 4) is 5.75 Å². The SMILES string of the molecule is O=C1Oc2ccccc2C/C1=C\c1ccc(Cl)cc1. The molecule has 0 unspecified atom stereocenters. The Balaban J connectivity index is 1.94. The summed E-state index contributed by atoms with van der Waals surface area (Å²) < 4.78 is 5.31. The van der Waals surface area contributed by atoms with Gasteiger partial charge in [0, 0.05) is 17.0 Å². The Labute approximate surface area is 116 Å². The molecule has 0 bridgehead atoms. The van der Waals surface area contributed by atoms with Crippen LogP contribution in [0.1, 0.15) is 11.1 Å². The fourth-order valence-electron chi connectivity index (χ4n) is 2.06. The van der Waals surface area contributed by atoms with Crippen LogP contribution in [0.5, 0.6) is 5.75 Å². The van der Waals surface area contributed by atoms with Gasteiger partial charge in [-0.3, -0.25) is 0 Å². The van der Waals surface area contributed by atoms with Crippen LogP contribution in [0.3, 0.4) is 0 Å². The van der Waals surface area contributed by atoms with Crippen LogP contribution in [-0.2, 0) is 11.2 Å². The van der Waals surface area contributed by atoms with Gasteiger partial charge < -0.3 is 4.74 Å². The number of benzene rings is 2. The molecule has 2 aromatic rings. The number of carbonyl (C=O) groups is 1. The molecule has 3 heteroatoms. The number of hydrogen-bond acceptors (Lipinski definition) is 2. The highest BCUT2D eigenvalue weighted by Crippen LogP contribution is 2.28. The van der Waals surface area contributed by atoms with E-state index in [0.29, 0.717) is 22.8 Å². The highest BCUT2D eigenvalue weighted by Gasteiger charge is 2.21. The summed E-state index contributed by atoms with van der Waals surface area (Å²) in [7, 11) is 0. The van der Waals surface area contributed by atoms with Crippen LogP contribution in [-0.4, -0.2) is 5.97 Å². The highest BCUT2D eigenvalue weighted by molar-refractivity contribution is 6.30. The molecule has 0 spiro atoms. The molecule has 94 valence electrons. The maximum atomic E-state index is 11.9. The lowest BCUT2D eigenvalue weighted by molar-refractivity contribution is -0.130. The van der Waals surface area contributed by atoms with E-state index >= 15 is 0 Å². The van der Waals surface area contributed by atoms with Crippen LogP contribution in [0.4, 0.5) is 0 Å². The summed E-state index contributed by atoms with van der Waals surface area (Å²) in [4.78, 5) is 11.9. The normalized spacial score (nSPS) is 16.1. The molecule has 1 aliphatic rings. The maximum absolute atomic E-state index is 11.9. The first kappa shape index (κ1) is 12.0. The molecule has 0 saturated carbocycles. The largest absolute Gasteiger partial charge is 0.423 e. The third kappa shape index (κ3) is 2.54. The number of hydrogen-bond donors (Lipinski definition) is 0. The number of fused-ring (bicyclic) bond motifs is 1. The van der Waals surface area contributed by atoms with Crippen LogP contribution in [0.15, 0.2) is 54.1 Å². The van der Waals surface area contributed by atoms with Crippen LogP contribution in [0.2, 0.25) is 5.02 Å². The molecule has 0 aromatic heterocycles. The first-order valence-corrected chi connectivity index (χ1v) is 6.36. The van der Waals surface area contributed by atoms with Crippen molar-refractivity contribution < 1.29 is 9.53 Å². The van der Waals surface area contributed by atoms with Crippen LogP contribution >= 0.6 is 11.6 Å². The van der Waals surface area contributed by atoms with Gasteiger partial charge in [-0.05, 0) is 35.4 Å². The van der Waals surface area contributed by atoms with Crippen molar-refractivity contribution in [2.24, 2.45) is 0 Å². The summed E-state index contributed by atoms with van der Waals surface area (Å²) in [6.45, 7) is 0. The zero-order valence-corrected chi connectivity index (χ0v) is 10.9. The van der Waals surface area contributed by atoms with Crippen molar-refractivity contribution >= 4 is 23.6 Å². The molecule has 0 aliphatic carbocycles. The van der Waals surface area contributed by atoms with E-state index in [0.717, 1.165) is 11.1 Å². The smallest absolute Gasteiger partial charge is 0.339 e. The summed E-state index contributed by atoms with van der Waals surface area (Å²) in [6.07, 6.45) is 2.44. The lowest BCUT2D eigenvalue weighted by atomic mass is 9.99. The van der Waals surface area contributed by atoms with Gasteiger partial charge in [0.25, 0.3) is 0 Å². The van der Waals surface area contributed by atoms with E-state index in [1.165, 1.54) is 0 Å². The van der Waals surface area contributed by atoms with E-state index in [1.807, 2.05) is 42.5 Å². The van der Waals surface area contributed by atoms with Gasteiger partial charge in [-0.1, -0.05) is 41.9 Å². The Morgan fingerprint density at radius 3 is 2.58 bits per heavy atom. The van der Waals surface area contributed by atoms with E-state index in [4.69, 9.17) is 16.3 Å². The fraction of sp³-hybridized carbons (Fsp3) is 0.0625. The van der Waals surface area contributed by atoms with Crippen molar-refractivity contribution in [1.82, 2.24) is 0 Å². The molecule has 19 heavy (non-hydrogen) atoms.